The van der Waals surface area contributed by atoms with Gasteiger partial charge in [-0.2, -0.15) is 5.10 Å². The zero-order valence-electron chi connectivity index (χ0n) is 16.6. The maximum atomic E-state index is 12.9. The lowest BCUT2D eigenvalue weighted by Gasteiger charge is -2.33. The van der Waals surface area contributed by atoms with Crippen LogP contribution in [-0.4, -0.2) is 39.6 Å². The molecule has 2 saturated carbocycles. The summed E-state index contributed by atoms with van der Waals surface area (Å²) in [6.07, 6.45) is 10.3. The zero-order chi connectivity index (χ0) is 19.0. The van der Waals surface area contributed by atoms with Crippen molar-refractivity contribution in [2.24, 2.45) is 17.3 Å². The van der Waals surface area contributed by atoms with Crippen LogP contribution in [-0.2, 0) is 9.59 Å². The molecule has 1 N–H and O–H groups in total. The third-order valence-corrected chi connectivity index (χ3v) is 6.74. The molecule has 1 unspecified atom stereocenters. The van der Waals surface area contributed by atoms with Gasteiger partial charge >= 0.3 is 0 Å². The summed E-state index contributed by atoms with van der Waals surface area (Å²) in [7, 11) is 0. The Kier molecular flexibility index (Phi) is 4.99. The van der Waals surface area contributed by atoms with E-state index in [1.807, 2.05) is 24.6 Å². The number of hydrogen-bond acceptors (Lipinski definition) is 3. The number of anilines is 1. The fourth-order valence-electron chi connectivity index (χ4n) is 5.15. The van der Waals surface area contributed by atoms with Crippen LogP contribution in [0.5, 0.6) is 0 Å². The lowest BCUT2D eigenvalue weighted by Crippen LogP contribution is -2.41. The van der Waals surface area contributed by atoms with Crippen LogP contribution in [0.25, 0.3) is 0 Å². The first-order valence-corrected chi connectivity index (χ1v) is 10.6. The van der Waals surface area contributed by atoms with E-state index in [0.717, 1.165) is 38.2 Å². The molecule has 0 aromatic carbocycles. The Bertz CT molecular complexity index is 697. The average molecular weight is 373 g/mol. The summed E-state index contributed by atoms with van der Waals surface area (Å²) in [6, 6.07) is 2.11. The summed E-state index contributed by atoms with van der Waals surface area (Å²) >= 11 is 0. The van der Waals surface area contributed by atoms with Gasteiger partial charge in [-0.1, -0.05) is 26.7 Å². The predicted octanol–water partition coefficient (Wildman–Crippen LogP) is 3.61. The number of amides is 2. The predicted molar refractivity (Wildman–Crippen MR) is 104 cm³/mol. The summed E-state index contributed by atoms with van der Waals surface area (Å²) in [5.41, 5.74) is 0.379. The van der Waals surface area contributed by atoms with Crippen LogP contribution in [0.2, 0.25) is 0 Å². The fourth-order valence-corrected chi connectivity index (χ4v) is 5.15. The van der Waals surface area contributed by atoms with Crippen LogP contribution in [0.1, 0.15) is 71.3 Å². The molecule has 148 valence electrons. The molecule has 6 nitrogen and oxygen atoms in total. The normalized spacial score (nSPS) is 24.6. The fraction of sp³-hybridized carbons (Fsp3) is 0.762. The highest BCUT2D eigenvalue weighted by Crippen LogP contribution is 2.63. The third kappa shape index (κ3) is 3.76. The maximum absolute atomic E-state index is 12.9. The summed E-state index contributed by atoms with van der Waals surface area (Å²) < 4.78 is 1.94. The molecule has 0 radical (unpaired) electrons. The summed E-state index contributed by atoms with van der Waals surface area (Å²) in [5, 5.41) is 7.44. The van der Waals surface area contributed by atoms with Crippen LogP contribution in [0.4, 0.5) is 5.82 Å². The lowest BCUT2D eigenvalue weighted by atomic mass is 10.00. The van der Waals surface area contributed by atoms with Crippen molar-refractivity contribution in [3.63, 3.8) is 0 Å². The number of rotatable bonds is 5. The highest BCUT2D eigenvalue weighted by Gasteiger charge is 2.59. The van der Waals surface area contributed by atoms with Crippen molar-refractivity contribution in [1.82, 2.24) is 14.7 Å². The van der Waals surface area contributed by atoms with Crippen molar-refractivity contribution in [3.05, 3.63) is 12.3 Å². The average Bonchev–Trinajstić information content (AvgIpc) is 2.95. The van der Waals surface area contributed by atoms with E-state index in [9.17, 15) is 9.59 Å². The van der Waals surface area contributed by atoms with Gasteiger partial charge in [0.25, 0.3) is 0 Å². The molecule has 27 heavy (non-hydrogen) atoms. The maximum Gasteiger partial charge on any atom is 0.226 e. The third-order valence-electron chi connectivity index (χ3n) is 6.74. The first-order valence-electron chi connectivity index (χ1n) is 10.6. The lowest BCUT2D eigenvalue weighted by molar-refractivity contribution is -0.134. The van der Waals surface area contributed by atoms with Crippen molar-refractivity contribution in [3.8, 4) is 0 Å². The van der Waals surface area contributed by atoms with Gasteiger partial charge in [0.2, 0.25) is 11.8 Å². The van der Waals surface area contributed by atoms with Crippen LogP contribution in [0.3, 0.4) is 0 Å². The molecule has 1 saturated heterocycles. The van der Waals surface area contributed by atoms with Crippen molar-refractivity contribution < 1.29 is 9.59 Å². The first-order chi connectivity index (χ1) is 13.0. The van der Waals surface area contributed by atoms with Gasteiger partial charge in [-0.25, -0.2) is 4.68 Å². The Morgan fingerprint density at radius 2 is 1.96 bits per heavy atom. The number of piperidine rings is 1. The first kappa shape index (κ1) is 18.5. The number of hydrogen-bond donors (Lipinski definition) is 1. The highest BCUT2D eigenvalue weighted by atomic mass is 16.2. The van der Waals surface area contributed by atoms with Gasteiger partial charge in [-0.05, 0) is 43.4 Å². The molecular formula is C21H32N4O2. The molecule has 3 fully saturated rings. The van der Waals surface area contributed by atoms with Crippen molar-refractivity contribution >= 4 is 17.6 Å². The Morgan fingerprint density at radius 3 is 2.63 bits per heavy atom. The number of nitrogens with zero attached hydrogens (tertiary/aromatic N) is 3. The van der Waals surface area contributed by atoms with Crippen molar-refractivity contribution in [1.29, 1.82) is 0 Å². The second kappa shape index (κ2) is 7.28. The second-order valence-corrected chi connectivity index (χ2v) is 9.19. The standard InChI is InChI=1S/C21H32N4O2/c1-15(2)13-19(26)23-18-5-10-22-25(18)16-6-11-24(12-7-16)20(27)17-14-21(17)8-3-4-9-21/h5,10,15-17H,3-4,6-9,11-14H2,1-2H3,(H,23,26). The molecule has 1 aliphatic heterocycles. The number of likely N-dealkylation sites (tertiary alicyclic amines) is 1. The van der Waals surface area contributed by atoms with E-state index in [2.05, 4.69) is 15.3 Å². The van der Waals surface area contributed by atoms with Gasteiger partial charge in [0.05, 0.1) is 12.2 Å². The van der Waals surface area contributed by atoms with Gasteiger partial charge in [-0.15, -0.1) is 0 Å². The van der Waals surface area contributed by atoms with Gasteiger partial charge in [-0.3, -0.25) is 9.59 Å². The summed E-state index contributed by atoms with van der Waals surface area (Å²) in [6.45, 7) is 5.68. The molecule has 1 atom stereocenters. The minimum absolute atomic E-state index is 0.0370. The van der Waals surface area contributed by atoms with Gasteiger partial charge in [0, 0.05) is 31.5 Å². The zero-order valence-corrected chi connectivity index (χ0v) is 16.6. The summed E-state index contributed by atoms with van der Waals surface area (Å²) in [5.74, 6) is 1.84. The van der Waals surface area contributed by atoms with E-state index >= 15 is 0 Å². The van der Waals surface area contributed by atoms with E-state index in [-0.39, 0.29) is 11.9 Å². The molecular weight excluding hydrogens is 340 g/mol. The van der Waals surface area contributed by atoms with E-state index in [1.54, 1.807) is 6.20 Å². The molecule has 1 aromatic rings. The van der Waals surface area contributed by atoms with Crippen LogP contribution in [0, 0.1) is 17.3 Å². The number of aromatic nitrogens is 2. The van der Waals surface area contributed by atoms with E-state index in [4.69, 9.17) is 0 Å². The van der Waals surface area contributed by atoms with Crippen LogP contribution in [0.15, 0.2) is 12.3 Å². The van der Waals surface area contributed by atoms with Gasteiger partial charge in [0.15, 0.2) is 0 Å². The van der Waals surface area contributed by atoms with E-state index in [0.29, 0.717) is 29.6 Å². The number of carbonyl (C=O) groups is 2. The highest BCUT2D eigenvalue weighted by molar-refractivity contribution is 5.90. The van der Waals surface area contributed by atoms with Crippen LogP contribution < -0.4 is 5.32 Å². The smallest absolute Gasteiger partial charge is 0.226 e. The second-order valence-electron chi connectivity index (χ2n) is 9.19. The Hall–Kier alpha value is -1.85. The van der Waals surface area contributed by atoms with Gasteiger partial charge in [0.1, 0.15) is 5.82 Å². The van der Waals surface area contributed by atoms with E-state index in [1.165, 1.54) is 25.7 Å². The number of carbonyl (C=O) groups excluding carboxylic acids is 2. The monoisotopic (exact) mass is 372 g/mol. The minimum atomic E-state index is 0.0370. The largest absolute Gasteiger partial charge is 0.342 e. The number of nitrogens with one attached hydrogen (secondary N) is 1. The molecule has 2 heterocycles. The quantitative estimate of drug-likeness (QED) is 0.858. The van der Waals surface area contributed by atoms with Crippen molar-refractivity contribution in [2.75, 3.05) is 18.4 Å². The molecule has 2 aliphatic carbocycles. The molecule has 2 amide bonds. The molecule has 3 aliphatic rings. The van der Waals surface area contributed by atoms with Gasteiger partial charge < -0.3 is 10.2 Å². The Balaban J connectivity index is 1.32. The van der Waals surface area contributed by atoms with E-state index < -0.39 is 0 Å². The Morgan fingerprint density at radius 1 is 1.26 bits per heavy atom. The van der Waals surface area contributed by atoms with Crippen molar-refractivity contribution in [2.45, 2.75) is 71.3 Å². The molecule has 6 heteroatoms. The molecule has 0 bridgehead atoms. The summed E-state index contributed by atoms with van der Waals surface area (Å²) in [4.78, 5) is 27.1. The molecule has 1 spiro atoms. The SMILES string of the molecule is CC(C)CC(=O)Nc1ccnn1C1CCN(C(=O)C2CC23CCCC3)CC1. The van der Waals surface area contributed by atoms with Crippen LogP contribution >= 0.6 is 0 Å². The molecule has 1 aromatic heterocycles. The minimum Gasteiger partial charge on any atom is -0.342 e. The topological polar surface area (TPSA) is 67.2 Å². The molecule has 4 rings (SSSR count). The Labute approximate surface area is 161 Å².